The molecule has 2 saturated carbocycles. The molecule has 0 aromatic carbocycles. The Kier molecular flexibility index (Phi) is 3.02. The fourth-order valence-electron chi connectivity index (χ4n) is 2.33. The first kappa shape index (κ1) is 11.6. The minimum Gasteiger partial charge on any atom is -0.367 e. The second-order valence-corrected chi connectivity index (χ2v) is 5.27. The Morgan fingerprint density at radius 1 is 1.31 bits per heavy atom. The summed E-state index contributed by atoms with van der Waals surface area (Å²) in [7, 11) is 0. The molecule has 0 unspecified atom stereocenters. The highest BCUT2D eigenvalue weighted by Gasteiger charge is 2.47. The molecule has 2 rings (SSSR count). The second-order valence-electron chi connectivity index (χ2n) is 5.27. The van der Waals surface area contributed by atoms with Crippen LogP contribution in [0.2, 0.25) is 0 Å². The number of carbonyl (C=O) groups excluding carboxylic acids is 2. The zero-order valence-electron chi connectivity index (χ0n) is 9.75. The van der Waals surface area contributed by atoms with E-state index in [-0.39, 0.29) is 11.2 Å². The van der Waals surface area contributed by atoms with E-state index in [9.17, 15) is 9.59 Å². The zero-order valence-corrected chi connectivity index (χ0v) is 9.75. The summed E-state index contributed by atoms with van der Waals surface area (Å²) in [5, 5.41) is 2.71. The van der Waals surface area contributed by atoms with E-state index in [1.54, 1.807) is 0 Å². The molecule has 0 heterocycles. The molecule has 0 aromatic rings. The van der Waals surface area contributed by atoms with Gasteiger partial charge in [-0.25, -0.2) is 0 Å². The number of rotatable bonds is 5. The van der Waals surface area contributed by atoms with Crippen molar-refractivity contribution in [3.8, 4) is 0 Å². The third kappa shape index (κ3) is 2.61. The van der Waals surface area contributed by atoms with Crippen molar-refractivity contribution in [2.45, 2.75) is 56.7 Å². The quantitative estimate of drug-likeness (QED) is 0.715. The van der Waals surface area contributed by atoms with E-state index in [2.05, 4.69) is 12.2 Å². The van der Waals surface area contributed by atoms with Gasteiger partial charge in [0.1, 0.15) is 5.78 Å². The van der Waals surface area contributed by atoms with Crippen LogP contribution in [0, 0.1) is 0 Å². The highest BCUT2D eigenvalue weighted by atomic mass is 16.5. The van der Waals surface area contributed by atoms with Crippen LogP contribution in [0.3, 0.4) is 0 Å². The molecule has 4 nitrogen and oxygen atoms in total. The van der Waals surface area contributed by atoms with Gasteiger partial charge in [0, 0.05) is 19.4 Å². The first-order valence-electron chi connectivity index (χ1n) is 5.97. The third-order valence-corrected chi connectivity index (χ3v) is 3.64. The van der Waals surface area contributed by atoms with Gasteiger partial charge >= 0.3 is 0 Å². The number of hydrogen-bond donors (Lipinski definition) is 1. The normalized spacial score (nSPS) is 26.2. The van der Waals surface area contributed by atoms with Gasteiger partial charge in [-0.3, -0.25) is 9.59 Å². The molecule has 0 bridgehead atoms. The average Bonchev–Trinajstić information content (AvgIpc) is 2.98. The number of ether oxygens (including phenoxy) is 1. The Morgan fingerprint density at radius 2 is 1.94 bits per heavy atom. The number of carbonyl (C=O) groups is 2. The number of Topliss-reactive ketones (excluding diaryl/α,β-unsaturated/α-hetero) is 1. The lowest BCUT2D eigenvalue weighted by atomic mass is 9.83. The van der Waals surface area contributed by atoms with E-state index in [1.165, 1.54) is 0 Å². The Morgan fingerprint density at radius 3 is 2.44 bits per heavy atom. The van der Waals surface area contributed by atoms with Gasteiger partial charge in [0.15, 0.2) is 0 Å². The van der Waals surface area contributed by atoms with Crippen LogP contribution >= 0.6 is 0 Å². The molecule has 0 aromatic heterocycles. The van der Waals surface area contributed by atoms with Crippen molar-refractivity contribution in [3.05, 3.63) is 0 Å². The standard InChI is InChI=1S/C12H19NO3/c1-11(6-7-11)16-12(8-13-9-14)4-2-10(15)3-5-12/h9H,2-8H2,1H3,(H,13,14). The van der Waals surface area contributed by atoms with E-state index in [0.717, 1.165) is 25.7 Å². The molecular weight excluding hydrogens is 206 g/mol. The lowest BCUT2D eigenvalue weighted by Crippen LogP contribution is -2.48. The SMILES string of the molecule is CC1(OC2(CNC=O)CCC(=O)CC2)CC1. The molecule has 90 valence electrons. The van der Waals surface area contributed by atoms with Crippen LogP contribution in [-0.4, -0.2) is 29.9 Å². The third-order valence-electron chi connectivity index (χ3n) is 3.64. The molecule has 0 spiro atoms. The second kappa shape index (κ2) is 4.17. The maximum absolute atomic E-state index is 11.3. The van der Waals surface area contributed by atoms with Gasteiger partial charge in [0.05, 0.1) is 11.2 Å². The molecule has 0 radical (unpaired) electrons. The minimum atomic E-state index is -0.305. The Hall–Kier alpha value is -0.900. The minimum absolute atomic E-state index is 0.00898. The molecule has 0 atom stereocenters. The van der Waals surface area contributed by atoms with Crippen LogP contribution in [0.1, 0.15) is 45.4 Å². The van der Waals surface area contributed by atoms with Crippen LogP contribution < -0.4 is 5.32 Å². The van der Waals surface area contributed by atoms with Crippen molar-refractivity contribution >= 4 is 12.2 Å². The lowest BCUT2D eigenvalue weighted by molar-refractivity contribution is -0.141. The molecule has 2 aliphatic rings. The summed E-state index contributed by atoms with van der Waals surface area (Å²) in [5.74, 6) is 0.311. The average molecular weight is 225 g/mol. The topological polar surface area (TPSA) is 55.4 Å². The monoisotopic (exact) mass is 225 g/mol. The Balaban J connectivity index is 1.99. The number of amides is 1. The highest BCUT2D eigenvalue weighted by Crippen LogP contribution is 2.45. The molecule has 4 heteroatoms. The molecule has 0 aliphatic heterocycles. The zero-order chi connectivity index (χ0) is 11.6. The fourth-order valence-corrected chi connectivity index (χ4v) is 2.33. The van der Waals surface area contributed by atoms with Crippen molar-refractivity contribution in [3.63, 3.8) is 0 Å². The van der Waals surface area contributed by atoms with Crippen molar-refractivity contribution in [1.29, 1.82) is 0 Å². The molecule has 1 N–H and O–H groups in total. The van der Waals surface area contributed by atoms with Gasteiger partial charge < -0.3 is 10.1 Å². The smallest absolute Gasteiger partial charge is 0.207 e. The predicted octanol–water partition coefficient (Wildman–Crippen LogP) is 1.18. The number of nitrogens with one attached hydrogen (secondary N) is 1. The molecule has 1 amide bonds. The van der Waals surface area contributed by atoms with Crippen molar-refractivity contribution in [2.75, 3.05) is 6.54 Å². The van der Waals surface area contributed by atoms with Crippen molar-refractivity contribution in [1.82, 2.24) is 5.32 Å². The maximum atomic E-state index is 11.3. The summed E-state index contributed by atoms with van der Waals surface area (Å²) in [6.45, 7) is 2.63. The lowest BCUT2D eigenvalue weighted by Gasteiger charge is -2.39. The summed E-state index contributed by atoms with van der Waals surface area (Å²) in [4.78, 5) is 21.7. The summed E-state index contributed by atoms with van der Waals surface area (Å²) >= 11 is 0. The molecular formula is C12H19NO3. The summed E-state index contributed by atoms with van der Waals surface area (Å²) < 4.78 is 6.15. The van der Waals surface area contributed by atoms with E-state index >= 15 is 0 Å². The number of ketones is 1. The number of hydrogen-bond acceptors (Lipinski definition) is 3. The predicted molar refractivity (Wildman–Crippen MR) is 59.0 cm³/mol. The van der Waals surface area contributed by atoms with Gasteiger partial charge in [0.2, 0.25) is 6.41 Å². The largest absolute Gasteiger partial charge is 0.367 e. The van der Waals surface area contributed by atoms with Gasteiger partial charge in [0.25, 0.3) is 0 Å². The first-order chi connectivity index (χ1) is 7.58. The van der Waals surface area contributed by atoms with E-state index in [0.29, 0.717) is 31.6 Å². The van der Waals surface area contributed by atoms with Crippen LogP contribution in [0.15, 0.2) is 0 Å². The van der Waals surface area contributed by atoms with E-state index in [4.69, 9.17) is 4.74 Å². The summed E-state index contributed by atoms with van der Waals surface area (Å²) in [6, 6.07) is 0. The van der Waals surface area contributed by atoms with Crippen LogP contribution in [-0.2, 0) is 14.3 Å². The van der Waals surface area contributed by atoms with Crippen molar-refractivity contribution < 1.29 is 14.3 Å². The molecule has 16 heavy (non-hydrogen) atoms. The summed E-state index contributed by atoms with van der Waals surface area (Å²) in [5.41, 5.74) is -0.314. The van der Waals surface area contributed by atoms with Gasteiger partial charge in [-0.2, -0.15) is 0 Å². The fraction of sp³-hybridized carbons (Fsp3) is 0.833. The van der Waals surface area contributed by atoms with Gasteiger partial charge in [-0.15, -0.1) is 0 Å². The first-order valence-corrected chi connectivity index (χ1v) is 5.97. The van der Waals surface area contributed by atoms with Gasteiger partial charge in [-0.05, 0) is 32.6 Å². The highest BCUT2D eigenvalue weighted by molar-refractivity contribution is 5.79. The van der Waals surface area contributed by atoms with E-state index in [1.807, 2.05) is 0 Å². The molecule has 0 saturated heterocycles. The summed E-state index contributed by atoms with van der Waals surface area (Å²) in [6.07, 6.45) is 5.52. The Bertz CT molecular complexity index is 281. The van der Waals surface area contributed by atoms with Crippen LogP contribution in [0.4, 0.5) is 0 Å². The van der Waals surface area contributed by atoms with Crippen molar-refractivity contribution in [2.24, 2.45) is 0 Å². The molecule has 2 aliphatic carbocycles. The van der Waals surface area contributed by atoms with Crippen LogP contribution in [0.25, 0.3) is 0 Å². The maximum Gasteiger partial charge on any atom is 0.207 e. The van der Waals surface area contributed by atoms with Crippen LogP contribution in [0.5, 0.6) is 0 Å². The molecule has 2 fully saturated rings. The Labute approximate surface area is 95.7 Å². The van der Waals surface area contributed by atoms with E-state index < -0.39 is 0 Å². The van der Waals surface area contributed by atoms with Gasteiger partial charge in [-0.1, -0.05) is 0 Å².